The molecule has 0 bridgehead atoms. The Kier molecular flexibility index (Phi) is 4.16. The molecular formula is C21H23ClN6O2S. The van der Waals surface area contributed by atoms with Gasteiger partial charge < -0.3 is 9.88 Å². The molecule has 8 nitrogen and oxygen atoms in total. The van der Waals surface area contributed by atoms with Crippen LogP contribution < -0.4 is 4.90 Å². The lowest BCUT2D eigenvalue weighted by molar-refractivity contribution is 0.486. The summed E-state index contributed by atoms with van der Waals surface area (Å²) in [6.07, 6.45) is 7.34. The minimum Gasteiger partial charge on any atom is -0.363 e. The van der Waals surface area contributed by atoms with E-state index < -0.39 is 10.0 Å². The second-order valence-corrected chi connectivity index (χ2v) is 11.2. The molecular weight excluding hydrogens is 436 g/mol. The van der Waals surface area contributed by atoms with Gasteiger partial charge in [-0.1, -0.05) is 11.6 Å². The van der Waals surface area contributed by atoms with Gasteiger partial charge in [-0.15, -0.1) is 0 Å². The van der Waals surface area contributed by atoms with E-state index in [0.717, 1.165) is 47.4 Å². The Morgan fingerprint density at radius 1 is 1.23 bits per heavy atom. The summed E-state index contributed by atoms with van der Waals surface area (Å²) in [4.78, 5) is 19.2. The highest BCUT2D eigenvalue weighted by atomic mass is 35.5. The minimum absolute atomic E-state index is 0.128. The smallest absolute Gasteiger partial charge is 0.211 e. The normalized spacial score (nSPS) is 29.8. The standard InChI is InChI=1S/C21H23ClN6O2S/c1-11-5-15-14(9-27(11)16-8-19(22)26-21-13(16)3-4-23-21)20(25-10-24-15)12-6-17-18(7-12)28(17)31(2,29)30/h3-4,8,10-12,17-18H,5-7,9H2,1-2H3,(H,23,26)/t11-,12?,17?,18?,28?/m1/s1. The lowest BCUT2D eigenvalue weighted by atomic mass is 9.91. The van der Waals surface area contributed by atoms with Gasteiger partial charge in [0, 0.05) is 54.2 Å². The Morgan fingerprint density at radius 3 is 2.74 bits per heavy atom. The van der Waals surface area contributed by atoms with Crippen molar-refractivity contribution >= 4 is 38.3 Å². The molecule has 0 aromatic carbocycles. The monoisotopic (exact) mass is 458 g/mol. The zero-order valence-electron chi connectivity index (χ0n) is 17.3. The highest BCUT2D eigenvalue weighted by Gasteiger charge is 2.59. The van der Waals surface area contributed by atoms with E-state index in [1.807, 2.05) is 18.3 Å². The van der Waals surface area contributed by atoms with Crippen molar-refractivity contribution < 1.29 is 8.42 Å². The summed E-state index contributed by atoms with van der Waals surface area (Å²) in [5.41, 5.74) is 5.19. The molecule has 162 valence electrons. The molecule has 3 aliphatic rings. The molecule has 1 aliphatic carbocycles. The molecule has 3 aromatic rings. The Morgan fingerprint density at radius 2 is 2.00 bits per heavy atom. The van der Waals surface area contributed by atoms with Gasteiger partial charge in [0.2, 0.25) is 10.0 Å². The molecule has 31 heavy (non-hydrogen) atoms. The molecule has 1 N–H and O–H groups in total. The first-order chi connectivity index (χ1) is 14.8. The van der Waals surface area contributed by atoms with Crippen LogP contribution in [0.1, 0.15) is 42.6 Å². The first-order valence-corrected chi connectivity index (χ1v) is 12.8. The summed E-state index contributed by atoms with van der Waals surface area (Å²) in [6, 6.07) is 4.47. The van der Waals surface area contributed by atoms with Crippen molar-refractivity contribution in [3.8, 4) is 0 Å². The van der Waals surface area contributed by atoms with E-state index in [1.54, 1.807) is 10.6 Å². The maximum atomic E-state index is 11.9. The van der Waals surface area contributed by atoms with Gasteiger partial charge in [0.15, 0.2) is 0 Å². The predicted octanol–water partition coefficient (Wildman–Crippen LogP) is 2.85. The number of aromatic nitrogens is 4. The Labute approximate surface area is 185 Å². The third-order valence-electron chi connectivity index (χ3n) is 7.03. The summed E-state index contributed by atoms with van der Waals surface area (Å²) in [5.74, 6) is 0.272. The van der Waals surface area contributed by atoms with Crippen LogP contribution in [0.2, 0.25) is 5.15 Å². The molecule has 6 rings (SSSR count). The predicted molar refractivity (Wildman–Crippen MR) is 119 cm³/mol. The summed E-state index contributed by atoms with van der Waals surface area (Å²) in [7, 11) is -3.11. The van der Waals surface area contributed by atoms with Gasteiger partial charge in [0.25, 0.3) is 0 Å². The van der Waals surface area contributed by atoms with Crippen molar-refractivity contribution in [2.75, 3.05) is 11.2 Å². The molecule has 2 aliphatic heterocycles. The van der Waals surface area contributed by atoms with Crippen molar-refractivity contribution in [2.24, 2.45) is 0 Å². The molecule has 2 fully saturated rings. The van der Waals surface area contributed by atoms with E-state index in [0.29, 0.717) is 11.7 Å². The number of H-pyrrole nitrogens is 1. The van der Waals surface area contributed by atoms with Crippen LogP contribution in [0.5, 0.6) is 0 Å². The summed E-state index contributed by atoms with van der Waals surface area (Å²) >= 11 is 6.32. The van der Waals surface area contributed by atoms with Gasteiger partial charge in [0.1, 0.15) is 17.1 Å². The highest BCUT2D eigenvalue weighted by Crippen LogP contribution is 2.51. The van der Waals surface area contributed by atoms with Crippen LogP contribution in [0.25, 0.3) is 11.0 Å². The molecule has 3 aromatic heterocycles. The maximum absolute atomic E-state index is 11.9. The molecule has 2 unspecified atom stereocenters. The van der Waals surface area contributed by atoms with Gasteiger partial charge in [-0.25, -0.2) is 23.4 Å². The molecule has 0 radical (unpaired) electrons. The van der Waals surface area contributed by atoms with Crippen molar-refractivity contribution in [3.05, 3.63) is 46.8 Å². The third-order valence-corrected chi connectivity index (χ3v) is 8.53. The SMILES string of the molecule is C[C@@H]1Cc2ncnc(C3CC4C(C3)N4S(C)(=O)=O)c2CN1c1cc(Cl)nc2[nH]ccc12. The maximum Gasteiger partial charge on any atom is 0.211 e. The van der Waals surface area contributed by atoms with Crippen LogP contribution in [0, 0.1) is 0 Å². The van der Waals surface area contributed by atoms with Gasteiger partial charge in [-0.05, 0) is 31.9 Å². The number of anilines is 1. The Bertz CT molecular complexity index is 1300. The van der Waals surface area contributed by atoms with E-state index in [1.165, 1.54) is 11.8 Å². The number of piperidine rings is 1. The van der Waals surface area contributed by atoms with E-state index in [9.17, 15) is 8.42 Å². The fraction of sp³-hybridized carbons (Fsp3) is 0.476. The van der Waals surface area contributed by atoms with Crippen LogP contribution in [0.15, 0.2) is 24.7 Å². The number of hydrogen-bond acceptors (Lipinski definition) is 6. The molecule has 0 spiro atoms. The molecule has 1 saturated carbocycles. The lowest BCUT2D eigenvalue weighted by Gasteiger charge is -2.37. The first kappa shape index (κ1) is 19.5. The van der Waals surface area contributed by atoms with Gasteiger partial charge in [-0.2, -0.15) is 4.31 Å². The average Bonchev–Trinajstić information content (AvgIpc) is 3.03. The van der Waals surface area contributed by atoms with E-state index in [2.05, 4.69) is 31.8 Å². The quantitative estimate of drug-likeness (QED) is 0.479. The highest BCUT2D eigenvalue weighted by molar-refractivity contribution is 7.88. The largest absolute Gasteiger partial charge is 0.363 e. The number of rotatable bonds is 3. The lowest BCUT2D eigenvalue weighted by Crippen LogP contribution is -2.40. The second-order valence-electron chi connectivity index (χ2n) is 8.97. The molecule has 10 heteroatoms. The van der Waals surface area contributed by atoms with Gasteiger partial charge in [-0.3, -0.25) is 0 Å². The van der Waals surface area contributed by atoms with Crippen LogP contribution in [-0.2, 0) is 23.0 Å². The third kappa shape index (κ3) is 3.05. The summed E-state index contributed by atoms with van der Waals surface area (Å²) in [5, 5.41) is 1.51. The van der Waals surface area contributed by atoms with Crippen LogP contribution in [0.4, 0.5) is 5.69 Å². The van der Waals surface area contributed by atoms with Crippen LogP contribution in [-0.4, -0.2) is 57.0 Å². The summed E-state index contributed by atoms with van der Waals surface area (Å²) < 4.78 is 25.5. The topological polar surface area (TPSA) is 94.8 Å². The van der Waals surface area contributed by atoms with Crippen molar-refractivity contribution in [1.82, 2.24) is 24.2 Å². The number of halogens is 1. The van der Waals surface area contributed by atoms with Crippen LogP contribution in [0.3, 0.4) is 0 Å². The fourth-order valence-electron chi connectivity index (χ4n) is 5.66. The van der Waals surface area contributed by atoms with E-state index in [-0.39, 0.29) is 24.0 Å². The molecule has 5 heterocycles. The number of aromatic amines is 1. The second kappa shape index (κ2) is 6.63. The number of nitrogens with one attached hydrogen (secondary N) is 1. The molecule has 0 amide bonds. The first-order valence-electron chi connectivity index (χ1n) is 10.5. The zero-order valence-corrected chi connectivity index (χ0v) is 18.9. The fourth-order valence-corrected chi connectivity index (χ4v) is 7.23. The number of pyridine rings is 1. The number of hydrogen-bond donors (Lipinski definition) is 1. The Balaban J connectivity index is 1.34. The zero-order chi connectivity index (χ0) is 21.5. The molecule has 1 saturated heterocycles. The summed E-state index contributed by atoms with van der Waals surface area (Å²) in [6.45, 7) is 2.90. The number of nitrogens with zero attached hydrogens (tertiary/aromatic N) is 5. The van der Waals surface area contributed by atoms with Crippen molar-refractivity contribution in [2.45, 2.75) is 56.8 Å². The average molecular weight is 459 g/mol. The van der Waals surface area contributed by atoms with Crippen molar-refractivity contribution in [1.29, 1.82) is 0 Å². The number of sulfonamides is 1. The minimum atomic E-state index is -3.11. The van der Waals surface area contributed by atoms with E-state index >= 15 is 0 Å². The number of fused-ring (bicyclic) bond motifs is 3. The van der Waals surface area contributed by atoms with Crippen LogP contribution >= 0.6 is 11.6 Å². The van der Waals surface area contributed by atoms with E-state index in [4.69, 9.17) is 11.6 Å². The van der Waals surface area contributed by atoms with Gasteiger partial charge >= 0.3 is 0 Å². The van der Waals surface area contributed by atoms with Gasteiger partial charge in [0.05, 0.1) is 23.3 Å². The molecule has 3 atom stereocenters. The van der Waals surface area contributed by atoms with Crippen molar-refractivity contribution in [3.63, 3.8) is 0 Å². The Hall–Kier alpha value is -2.23.